The van der Waals surface area contributed by atoms with Crippen LogP contribution in [0.2, 0.25) is 0 Å². The van der Waals surface area contributed by atoms with Crippen LogP contribution in [-0.4, -0.2) is 46.8 Å². The summed E-state index contributed by atoms with van der Waals surface area (Å²) in [5.74, 6) is 1.62. The maximum atomic E-state index is 13.2. The van der Waals surface area contributed by atoms with Gasteiger partial charge in [-0.15, -0.1) is 0 Å². The number of carbonyl (C=O) groups is 2. The second kappa shape index (κ2) is 8.96. The van der Waals surface area contributed by atoms with Gasteiger partial charge in [0.2, 0.25) is 11.8 Å². The predicted octanol–water partition coefficient (Wildman–Crippen LogP) is 4.72. The van der Waals surface area contributed by atoms with E-state index in [-0.39, 0.29) is 17.4 Å². The van der Waals surface area contributed by atoms with Gasteiger partial charge in [0, 0.05) is 36.5 Å². The van der Waals surface area contributed by atoms with Crippen LogP contribution in [0, 0.1) is 23.2 Å². The minimum atomic E-state index is -0.312. The third kappa shape index (κ3) is 5.26. The quantitative estimate of drug-likeness (QED) is 0.694. The zero-order valence-electron chi connectivity index (χ0n) is 18.8. The molecule has 4 nitrogen and oxygen atoms in total. The molecule has 156 valence electrons. The van der Waals surface area contributed by atoms with Crippen LogP contribution >= 0.6 is 0 Å². The molecule has 0 N–H and O–H groups in total. The molecular weight excluding hydrogens is 336 g/mol. The van der Waals surface area contributed by atoms with Crippen LogP contribution in [0.15, 0.2) is 0 Å². The fourth-order valence-electron chi connectivity index (χ4n) is 4.93. The Balaban J connectivity index is 1.94. The lowest BCUT2D eigenvalue weighted by molar-refractivity contribution is -0.146. The number of likely N-dealkylation sites (tertiary alicyclic amines) is 2. The van der Waals surface area contributed by atoms with Crippen LogP contribution in [0.3, 0.4) is 0 Å². The van der Waals surface area contributed by atoms with Crippen molar-refractivity contribution in [1.29, 1.82) is 0 Å². The Bertz CT molecular complexity index is 528. The number of amides is 2. The van der Waals surface area contributed by atoms with E-state index in [4.69, 9.17) is 0 Å². The van der Waals surface area contributed by atoms with Gasteiger partial charge in [0.1, 0.15) is 0 Å². The molecule has 2 amide bonds. The summed E-state index contributed by atoms with van der Waals surface area (Å²) in [5.41, 5.74) is -0.312. The SMILES string of the molecule is CC(C)[C@H](C)C(=O)N1CCC(CC(C)(C)C(=O)N2CCCC[C@H]2C)C[C@@H]1C. The molecular formula is C23H42N2O2. The van der Waals surface area contributed by atoms with Crippen LogP contribution in [-0.2, 0) is 9.59 Å². The average molecular weight is 379 g/mol. The van der Waals surface area contributed by atoms with Crippen molar-refractivity contribution in [3.8, 4) is 0 Å². The van der Waals surface area contributed by atoms with Gasteiger partial charge in [-0.25, -0.2) is 0 Å². The maximum Gasteiger partial charge on any atom is 0.228 e. The third-order valence-electron chi connectivity index (χ3n) is 7.10. The van der Waals surface area contributed by atoms with Gasteiger partial charge in [-0.05, 0) is 64.2 Å². The predicted molar refractivity (Wildman–Crippen MR) is 111 cm³/mol. The number of rotatable bonds is 5. The van der Waals surface area contributed by atoms with Gasteiger partial charge >= 0.3 is 0 Å². The molecule has 4 atom stereocenters. The van der Waals surface area contributed by atoms with Crippen molar-refractivity contribution in [2.45, 2.75) is 99.1 Å². The molecule has 2 aliphatic heterocycles. The van der Waals surface area contributed by atoms with Crippen molar-refractivity contribution in [2.24, 2.45) is 23.2 Å². The van der Waals surface area contributed by atoms with Gasteiger partial charge < -0.3 is 9.80 Å². The number of nitrogens with zero attached hydrogens (tertiary/aromatic N) is 2. The van der Waals surface area contributed by atoms with Crippen molar-refractivity contribution in [3.05, 3.63) is 0 Å². The molecule has 2 saturated heterocycles. The molecule has 2 rings (SSSR count). The summed E-state index contributed by atoms with van der Waals surface area (Å²) in [6, 6.07) is 0.652. The van der Waals surface area contributed by atoms with Gasteiger partial charge in [0.05, 0.1) is 0 Å². The van der Waals surface area contributed by atoms with Crippen molar-refractivity contribution in [1.82, 2.24) is 9.80 Å². The van der Waals surface area contributed by atoms with Crippen molar-refractivity contribution >= 4 is 11.8 Å². The highest BCUT2D eigenvalue weighted by Crippen LogP contribution is 2.37. The van der Waals surface area contributed by atoms with Crippen LogP contribution in [0.5, 0.6) is 0 Å². The molecule has 0 radical (unpaired) electrons. The second-order valence-electron chi connectivity index (χ2n) is 10.2. The summed E-state index contributed by atoms with van der Waals surface area (Å²) >= 11 is 0. The van der Waals surface area contributed by atoms with E-state index in [1.807, 2.05) is 6.92 Å². The van der Waals surface area contributed by atoms with Crippen molar-refractivity contribution < 1.29 is 9.59 Å². The van der Waals surface area contributed by atoms with Gasteiger partial charge in [-0.3, -0.25) is 9.59 Å². The van der Waals surface area contributed by atoms with Gasteiger partial charge in [0.25, 0.3) is 0 Å². The Morgan fingerprint density at radius 1 is 0.963 bits per heavy atom. The molecule has 2 heterocycles. The Hall–Kier alpha value is -1.06. The molecule has 27 heavy (non-hydrogen) atoms. The molecule has 0 bridgehead atoms. The first-order valence-corrected chi connectivity index (χ1v) is 11.2. The maximum absolute atomic E-state index is 13.2. The van der Waals surface area contributed by atoms with E-state index in [1.54, 1.807) is 0 Å². The summed E-state index contributed by atoms with van der Waals surface area (Å²) in [7, 11) is 0. The van der Waals surface area contributed by atoms with Gasteiger partial charge in [-0.1, -0.05) is 34.6 Å². The summed E-state index contributed by atoms with van der Waals surface area (Å²) in [4.78, 5) is 30.1. The molecule has 2 fully saturated rings. The number of carbonyl (C=O) groups excluding carboxylic acids is 2. The molecule has 2 aliphatic rings. The van der Waals surface area contributed by atoms with Crippen LogP contribution in [0.25, 0.3) is 0 Å². The van der Waals surface area contributed by atoms with Crippen LogP contribution in [0.1, 0.15) is 87.0 Å². The Kier molecular flexibility index (Phi) is 7.38. The molecule has 0 aromatic carbocycles. The van der Waals surface area contributed by atoms with Crippen LogP contribution in [0.4, 0.5) is 0 Å². The highest BCUT2D eigenvalue weighted by Gasteiger charge is 2.39. The highest BCUT2D eigenvalue weighted by molar-refractivity contribution is 5.82. The largest absolute Gasteiger partial charge is 0.340 e. The summed E-state index contributed by atoms with van der Waals surface area (Å²) < 4.78 is 0. The molecule has 0 aromatic heterocycles. The molecule has 0 spiro atoms. The third-order valence-corrected chi connectivity index (χ3v) is 7.10. The average Bonchev–Trinajstić information content (AvgIpc) is 2.60. The fourth-order valence-corrected chi connectivity index (χ4v) is 4.93. The van der Waals surface area contributed by atoms with Gasteiger partial charge in [0.15, 0.2) is 0 Å². The number of hydrogen-bond acceptors (Lipinski definition) is 2. The Morgan fingerprint density at radius 2 is 1.63 bits per heavy atom. The first-order chi connectivity index (χ1) is 12.5. The Labute approximate surface area is 167 Å². The Morgan fingerprint density at radius 3 is 2.19 bits per heavy atom. The van der Waals surface area contributed by atoms with E-state index in [1.165, 1.54) is 6.42 Å². The lowest BCUT2D eigenvalue weighted by atomic mass is 9.76. The van der Waals surface area contributed by atoms with E-state index in [0.29, 0.717) is 29.7 Å². The zero-order valence-corrected chi connectivity index (χ0v) is 18.8. The highest BCUT2D eigenvalue weighted by atomic mass is 16.2. The topological polar surface area (TPSA) is 40.6 Å². The molecule has 0 aromatic rings. The minimum absolute atomic E-state index is 0.0857. The lowest BCUT2D eigenvalue weighted by Crippen LogP contribution is -2.50. The summed E-state index contributed by atoms with van der Waals surface area (Å²) in [5, 5.41) is 0. The zero-order chi connectivity index (χ0) is 20.4. The molecule has 1 unspecified atom stereocenters. The standard InChI is InChI=1S/C23H42N2O2/c1-16(2)19(5)21(26)24-13-11-20(14-18(24)4)15-23(6,7)22(27)25-12-9-8-10-17(25)3/h16-20H,8-15H2,1-7H3/t17-,18+,19+,20?/m1/s1. The van der Waals surface area contributed by atoms with E-state index in [0.717, 1.165) is 45.2 Å². The van der Waals surface area contributed by atoms with Gasteiger partial charge in [-0.2, -0.15) is 0 Å². The molecule has 0 aliphatic carbocycles. The smallest absolute Gasteiger partial charge is 0.228 e. The molecule has 4 heteroatoms. The molecule has 0 saturated carbocycles. The first-order valence-electron chi connectivity index (χ1n) is 11.2. The normalized spacial score (nSPS) is 28.4. The van der Waals surface area contributed by atoms with E-state index < -0.39 is 0 Å². The van der Waals surface area contributed by atoms with Crippen molar-refractivity contribution in [3.63, 3.8) is 0 Å². The summed E-state index contributed by atoms with van der Waals surface area (Å²) in [6.07, 6.45) is 6.48. The number of piperidine rings is 2. The number of hydrogen-bond donors (Lipinski definition) is 0. The van der Waals surface area contributed by atoms with E-state index in [2.05, 4.69) is 51.3 Å². The second-order valence-corrected chi connectivity index (χ2v) is 10.2. The minimum Gasteiger partial charge on any atom is -0.340 e. The fraction of sp³-hybridized carbons (Fsp3) is 0.913. The van der Waals surface area contributed by atoms with E-state index >= 15 is 0 Å². The lowest BCUT2D eigenvalue weighted by Gasteiger charge is -2.43. The van der Waals surface area contributed by atoms with Crippen LogP contribution < -0.4 is 0 Å². The first kappa shape index (κ1) is 22.2. The summed E-state index contributed by atoms with van der Waals surface area (Å²) in [6.45, 7) is 16.7. The van der Waals surface area contributed by atoms with Crippen molar-refractivity contribution in [2.75, 3.05) is 13.1 Å². The monoisotopic (exact) mass is 378 g/mol. The van der Waals surface area contributed by atoms with E-state index in [9.17, 15) is 9.59 Å².